The lowest BCUT2D eigenvalue weighted by atomic mass is 9.83. The van der Waals surface area contributed by atoms with Crippen LogP contribution in [0.3, 0.4) is 0 Å². The Bertz CT molecular complexity index is 1380. The molecular weight excluding hydrogens is 396 g/mol. The fourth-order valence-electron chi connectivity index (χ4n) is 5.59. The summed E-state index contributed by atoms with van der Waals surface area (Å²) in [7, 11) is 0. The van der Waals surface area contributed by atoms with Crippen molar-refractivity contribution in [1.82, 2.24) is 0 Å². The van der Waals surface area contributed by atoms with E-state index >= 15 is 0 Å². The Kier molecular flexibility index (Phi) is 5.07. The van der Waals surface area contributed by atoms with Gasteiger partial charge in [-0.2, -0.15) is 0 Å². The Morgan fingerprint density at radius 2 is 0.758 bits per heavy atom. The minimum Gasteiger partial charge on any atom is -0.0651 e. The van der Waals surface area contributed by atoms with Crippen molar-refractivity contribution in [3.8, 4) is 0 Å². The third-order valence-corrected chi connectivity index (χ3v) is 7.33. The molecule has 33 heavy (non-hydrogen) atoms. The summed E-state index contributed by atoms with van der Waals surface area (Å²) in [6.45, 7) is 2.35. The summed E-state index contributed by atoms with van der Waals surface area (Å²) in [4.78, 5) is 0. The van der Waals surface area contributed by atoms with Crippen molar-refractivity contribution in [1.29, 1.82) is 0 Å². The molecule has 0 N–H and O–H groups in total. The van der Waals surface area contributed by atoms with E-state index in [4.69, 9.17) is 0 Å². The summed E-state index contributed by atoms with van der Waals surface area (Å²) in [5, 5.41) is 11.0. The third-order valence-electron chi connectivity index (χ3n) is 7.33. The third kappa shape index (κ3) is 3.56. The molecule has 0 heterocycles. The lowest BCUT2D eigenvalue weighted by molar-refractivity contribution is 0.510. The van der Waals surface area contributed by atoms with Gasteiger partial charge in [0, 0.05) is 0 Å². The zero-order valence-electron chi connectivity index (χ0n) is 19.1. The van der Waals surface area contributed by atoms with Gasteiger partial charge in [0.05, 0.1) is 0 Å². The van der Waals surface area contributed by atoms with Crippen LogP contribution in [0.1, 0.15) is 24.5 Å². The van der Waals surface area contributed by atoms with E-state index in [1.165, 1.54) is 54.2 Å². The molecule has 0 nitrogen and oxygen atoms in total. The minimum atomic E-state index is 0.577. The Labute approximate surface area is 195 Å². The zero-order valence-corrected chi connectivity index (χ0v) is 19.1. The van der Waals surface area contributed by atoms with Crippen LogP contribution in [0.15, 0.2) is 109 Å². The molecule has 0 aliphatic heterocycles. The van der Waals surface area contributed by atoms with Gasteiger partial charge in [-0.15, -0.1) is 0 Å². The molecule has 160 valence electrons. The van der Waals surface area contributed by atoms with Crippen LogP contribution in [0.25, 0.3) is 43.1 Å². The highest BCUT2D eigenvalue weighted by Crippen LogP contribution is 2.35. The first-order chi connectivity index (χ1) is 16.3. The SMILES string of the molecule is CCC(Cc1c2ccccc2cc2ccccc12)Cc1c2ccccc2cc2ccccc12. The summed E-state index contributed by atoms with van der Waals surface area (Å²) in [6, 6.07) is 40.2. The van der Waals surface area contributed by atoms with Crippen molar-refractivity contribution in [3.63, 3.8) is 0 Å². The number of hydrogen-bond donors (Lipinski definition) is 0. The molecule has 0 unspecified atom stereocenters. The van der Waals surface area contributed by atoms with E-state index in [9.17, 15) is 0 Å². The molecule has 0 radical (unpaired) electrons. The first kappa shape index (κ1) is 20.0. The second-order valence-corrected chi connectivity index (χ2v) is 9.28. The van der Waals surface area contributed by atoms with E-state index in [1.54, 1.807) is 0 Å². The van der Waals surface area contributed by atoms with E-state index < -0.39 is 0 Å². The van der Waals surface area contributed by atoms with Crippen LogP contribution in [0.5, 0.6) is 0 Å². The molecule has 0 fully saturated rings. The van der Waals surface area contributed by atoms with E-state index in [-0.39, 0.29) is 0 Å². The fraction of sp³-hybridized carbons (Fsp3) is 0.152. The molecule has 0 aliphatic carbocycles. The van der Waals surface area contributed by atoms with Crippen LogP contribution >= 0.6 is 0 Å². The smallest absolute Gasteiger partial charge is 0.0145 e. The summed E-state index contributed by atoms with van der Waals surface area (Å²) in [6.07, 6.45) is 3.35. The molecule has 0 atom stereocenters. The van der Waals surface area contributed by atoms with Crippen LogP contribution in [0.2, 0.25) is 0 Å². The van der Waals surface area contributed by atoms with Crippen molar-refractivity contribution in [3.05, 3.63) is 120 Å². The van der Waals surface area contributed by atoms with Gasteiger partial charge in [0.2, 0.25) is 0 Å². The van der Waals surface area contributed by atoms with Gasteiger partial charge in [0.1, 0.15) is 0 Å². The number of fused-ring (bicyclic) bond motifs is 4. The maximum atomic E-state index is 2.35. The number of benzene rings is 6. The van der Waals surface area contributed by atoms with Gasteiger partial charge in [0.15, 0.2) is 0 Å². The van der Waals surface area contributed by atoms with Crippen molar-refractivity contribution < 1.29 is 0 Å². The van der Waals surface area contributed by atoms with Crippen molar-refractivity contribution >= 4 is 43.1 Å². The maximum absolute atomic E-state index is 2.35. The van der Waals surface area contributed by atoms with Crippen molar-refractivity contribution in [2.75, 3.05) is 0 Å². The van der Waals surface area contributed by atoms with Crippen LogP contribution < -0.4 is 0 Å². The fourth-order valence-corrected chi connectivity index (χ4v) is 5.59. The molecule has 0 saturated carbocycles. The summed E-state index contributed by atoms with van der Waals surface area (Å²) < 4.78 is 0. The van der Waals surface area contributed by atoms with E-state index in [0.717, 1.165) is 19.3 Å². The van der Waals surface area contributed by atoms with Crippen molar-refractivity contribution in [2.45, 2.75) is 26.2 Å². The average Bonchev–Trinajstić information content (AvgIpc) is 2.87. The molecule has 0 aliphatic rings. The minimum absolute atomic E-state index is 0.577. The van der Waals surface area contributed by atoms with Gasteiger partial charge < -0.3 is 0 Å². The van der Waals surface area contributed by atoms with E-state index in [2.05, 4.69) is 116 Å². The van der Waals surface area contributed by atoms with Crippen LogP contribution in [0, 0.1) is 5.92 Å². The van der Waals surface area contributed by atoms with Gasteiger partial charge in [-0.3, -0.25) is 0 Å². The zero-order chi connectivity index (χ0) is 22.2. The van der Waals surface area contributed by atoms with Crippen molar-refractivity contribution in [2.24, 2.45) is 5.92 Å². The van der Waals surface area contributed by atoms with Crippen LogP contribution in [-0.2, 0) is 12.8 Å². The van der Waals surface area contributed by atoms with Gasteiger partial charge in [-0.25, -0.2) is 0 Å². The van der Waals surface area contributed by atoms with Gasteiger partial charge in [0.25, 0.3) is 0 Å². The van der Waals surface area contributed by atoms with Crippen LogP contribution in [-0.4, -0.2) is 0 Å². The largest absolute Gasteiger partial charge is 0.0651 e. The lowest BCUT2D eigenvalue weighted by Gasteiger charge is -2.21. The van der Waals surface area contributed by atoms with E-state index in [0.29, 0.717) is 5.92 Å². The standard InChI is InChI=1S/C33H28/c1-2-23(19-32-28-15-7-3-11-24(28)21-25-12-4-8-16-29(25)32)20-33-30-17-9-5-13-26(30)22-27-14-6-10-18-31(27)33/h3-18,21-23H,2,19-20H2,1H3. The first-order valence-corrected chi connectivity index (χ1v) is 12.1. The lowest BCUT2D eigenvalue weighted by Crippen LogP contribution is -2.09. The predicted octanol–water partition coefficient (Wildman–Crippen LogP) is 9.11. The van der Waals surface area contributed by atoms with Crippen LogP contribution in [0.4, 0.5) is 0 Å². The highest BCUT2D eigenvalue weighted by Gasteiger charge is 2.17. The number of hydrogen-bond acceptors (Lipinski definition) is 0. The molecule has 6 aromatic carbocycles. The topological polar surface area (TPSA) is 0 Å². The maximum Gasteiger partial charge on any atom is -0.0145 e. The summed E-state index contributed by atoms with van der Waals surface area (Å²) in [5.41, 5.74) is 3.00. The van der Waals surface area contributed by atoms with Gasteiger partial charge in [-0.1, -0.05) is 110 Å². The Balaban J connectivity index is 1.49. The molecule has 0 bridgehead atoms. The Hall–Kier alpha value is -3.64. The molecule has 6 aromatic rings. The molecule has 0 aromatic heterocycles. The highest BCUT2D eigenvalue weighted by atomic mass is 14.2. The van der Waals surface area contributed by atoms with E-state index in [1.807, 2.05) is 0 Å². The molecule has 6 rings (SSSR count). The summed E-state index contributed by atoms with van der Waals surface area (Å²) in [5.74, 6) is 0.577. The van der Waals surface area contributed by atoms with Gasteiger partial charge in [-0.05, 0) is 85.1 Å². The normalized spacial score (nSPS) is 11.8. The highest BCUT2D eigenvalue weighted by molar-refractivity contribution is 6.03. The molecule has 0 spiro atoms. The molecular formula is C33H28. The van der Waals surface area contributed by atoms with Gasteiger partial charge >= 0.3 is 0 Å². The first-order valence-electron chi connectivity index (χ1n) is 12.1. The quantitative estimate of drug-likeness (QED) is 0.242. The molecule has 0 amide bonds. The molecule has 0 heteroatoms. The monoisotopic (exact) mass is 424 g/mol. The number of rotatable bonds is 5. The Morgan fingerprint density at radius 1 is 0.455 bits per heavy atom. The molecule has 0 saturated heterocycles. The summed E-state index contributed by atoms with van der Waals surface area (Å²) >= 11 is 0. The average molecular weight is 425 g/mol. The predicted molar refractivity (Wildman–Crippen MR) is 144 cm³/mol. The second-order valence-electron chi connectivity index (χ2n) is 9.28. The Morgan fingerprint density at radius 3 is 1.06 bits per heavy atom. The second kappa shape index (κ2) is 8.37.